The molecule has 194 valence electrons. The molecule has 37 heavy (non-hydrogen) atoms. The molecule has 2 fully saturated rings. The Morgan fingerprint density at radius 2 is 1.76 bits per heavy atom. The number of aromatic nitrogens is 5. The van der Waals surface area contributed by atoms with Gasteiger partial charge < -0.3 is 14.4 Å². The van der Waals surface area contributed by atoms with Crippen molar-refractivity contribution in [3.63, 3.8) is 0 Å². The van der Waals surface area contributed by atoms with Crippen LogP contribution < -0.4 is 14.4 Å². The van der Waals surface area contributed by atoms with E-state index in [9.17, 15) is 0 Å². The number of ether oxygens (including phenoxy) is 2. The zero-order valence-electron chi connectivity index (χ0n) is 21.4. The molecule has 10 heteroatoms. The van der Waals surface area contributed by atoms with Crippen molar-refractivity contribution in [3.05, 3.63) is 53.9 Å². The van der Waals surface area contributed by atoms with E-state index >= 15 is 0 Å². The lowest BCUT2D eigenvalue weighted by atomic mass is 9.95. The van der Waals surface area contributed by atoms with Gasteiger partial charge in [0.25, 0.3) is 0 Å². The van der Waals surface area contributed by atoms with Crippen LogP contribution in [0.2, 0.25) is 0 Å². The zero-order valence-corrected chi connectivity index (χ0v) is 22.2. The SMILES string of the molecule is COc1ccc([C@H](c2nnnn2C2CCCCC2)N2CCN(c3nc4ccccc4s3)CC2)c(OC)c1. The maximum atomic E-state index is 5.86. The van der Waals surface area contributed by atoms with Gasteiger partial charge in [-0.25, -0.2) is 9.67 Å². The Morgan fingerprint density at radius 3 is 2.51 bits per heavy atom. The average molecular weight is 520 g/mol. The first-order valence-electron chi connectivity index (χ1n) is 13.1. The van der Waals surface area contributed by atoms with Crippen molar-refractivity contribution in [3.8, 4) is 11.5 Å². The van der Waals surface area contributed by atoms with Crippen LogP contribution in [0.25, 0.3) is 10.2 Å². The highest BCUT2D eigenvalue weighted by Gasteiger charge is 2.35. The van der Waals surface area contributed by atoms with Crippen LogP contribution >= 0.6 is 11.3 Å². The number of fused-ring (bicyclic) bond motifs is 1. The van der Waals surface area contributed by atoms with Crippen molar-refractivity contribution in [1.82, 2.24) is 30.1 Å². The number of piperazine rings is 1. The van der Waals surface area contributed by atoms with Gasteiger partial charge in [-0.2, -0.15) is 0 Å². The fourth-order valence-corrected chi connectivity index (χ4v) is 6.69. The predicted octanol–water partition coefficient (Wildman–Crippen LogP) is 4.72. The number of para-hydroxylation sites is 1. The van der Waals surface area contributed by atoms with Crippen LogP contribution in [0.5, 0.6) is 11.5 Å². The first kappa shape index (κ1) is 24.1. The van der Waals surface area contributed by atoms with Crippen molar-refractivity contribution < 1.29 is 9.47 Å². The van der Waals surface area contributed by atoms with Crippen LogP contribution in [0.3, 0.4) is 0 Å². The smallest absolute Gasteiger partial charge is 0.186 e. The molecular formula is C27H33N7O2S. The number of tetrazole rings is 1. The third-order valence-electron chi connectivity index (χ3n) is 7.65. The second-order valence-electron chi connectivity index (χ2n) is 9.77. The number of anilines is 1. The van der Waals surface area contributed by atoms with Gasteiger partial charge in [0.05, 0.1) is 30.5 Å². The summed E-state index contributed by atoms with van der Waals surface area (Å²) >= 11 is 1.76. The third-order valence-corrected chi connectivity index (χ3v) is 8.75. The minimum Gasteiger partial charge on any atom is -0.497 e. The first-order valence-corrected chi connectivity index (χ1v) is 13.9. The fourth-order valence-electron chi connectivity index (χ4n) is 5.68. The number of benzene rings is 2. The summed E-state index contributed by atoms with van der Waals surface area (Å²) in [5.41, 5.74) is 2.13. The van der Waals surface area contributed by atoms with Crippen LogP contribution in [-0.4, -0.2) is 70.5 Å². The van der Waals surface area contributed by atoms with Crippen molar-refractivity contribution in [2.75, 3.05) is 45.3 Å². The normalized spacial score (nSPS) is 18.3. The number of methoxy groups -OCH3 is 2. The van der Waals surface area contributed by atoms with Gasteiger partial charge in [-0.3, -0.25) is 4.90 Å². The molecule has 0 N–H and O–H groups in total. The standard InChI is InChI=1S/C27H33N7O2S/c1-35-20-12-13-21(23(18-20)36-2)25(26-29-30-31-34(26)19-8-4-3-5-9-19)32-14-16-33(17-15-32)27-28-22-10-6-7-11-24(22)37-27/h6-7,10-13,18-19,25H,3-5,8-9,14-17H2,1-2H3/t25-/m1/s1. The van der Waals surface area contributed by atoms with Crippen LogP contribution in [-0.2, 0) is 0 Å². The lowest BCUT2D eigenvalue weighted by Gasteiger charge is -2.39. The highest BCUT2D eigenvalue weighted by molar-refractivity contribution is 7.22. The molecule has 9 nitrogen and oxygen atoms in total. The molecule has 6 rings (SSSR count). The molecular weight excluding hydrogens is 486 g/mol. The second-order valence-corrected chi connectivity index (χ2v) is 10.8. The third kappa shape index (κ3) is 4.75. The van der Waals surface area contributed by atoms with Crippen LogP contribution in [0.1, 0.15) is 55.6 Å². The minimum atomic E-state index is -0.115. The number of hydrogen-bond acceptors (Lipinski definition) is 9. The molecule has 2 aliphatic rings. The Bertz CT molecular complexity index is 1310. The molecule has 1 atom stereocenters. The van der Waals surface area contributed by atoms with E-state index in [0.717, 1.165) is 72.6 Å². The van der Waals surface area contributed by atoms with Crippen molar-refractivity contribution >= 4 is 26.7 Å². The quantitative estimate of drug-likeness (QED) is 0.347. The van der Waals surface area contributed by atoms with E-state index in [1.165, 1.54) is 24.0 Å². The van der Waals surface area contributed by atoms with Gasteiger partial charge in [-0.05, 0) is 47.5 Å². The topological polar surface area (TPSA) is 81.4 Å². The summed E-state index contributed by atoms with van der Waals surface area (Å²) in [6.07, 6.45) is 5.98. The summed E-state index contributed by atoms with van der Waals surface area (Å²) in [4.78, 5) is 9.77. The molecule has 3 heterocycles. The fraction of sp³-hybridized carbons (Fsp3) is 0.481. The number of rotatable bonds is 7. The van der Waals surface area contributed by atoms with Crippen molar-refractivity contribution in [1.29, 1.82) is 0 Å². The average Bonchev–Trinajstić information content (AvgIpc) is 3.62. The van der Waals surface area contributed by atoms with E-state index in [-0.39, 0.29) is 6.04 Å². The number of nitrogens with zero attached hydrogens (tertiary/aromatic N) is 7. The summed E-state index contributed by atoms with van der Waals surface area (Å²) in [6, 6.07) is 14.6. The first-order chi connectivity index (χ1) is 18.2. The van der Waals surface area contributed by atoms with Gasteiger partial charge in [-0.15, -0.1) is 5.10 Å². The molecule has 1 aliphatic heterocycles. The maximum Gasteiger partial charge on any atom is 0.186 e. The predicted molar refractivity (Wildman–Crippen MR) is 145 cm³/mol. The van der Waals surface area contributed by atoms with Crippen LogP contribution in [0.15, 0.2) is 42.5 Å². The van der Waals surface area contributed by atoms with E-state index in [0.29, 0.717) is 6.04 Å². The van der Waals surface area contributed by atoms with E-state index in [1.807, 2.05) is 18.2 Å². The molecule has 4 aromatic rings. The molecule has 1 saturated heterocycles. The maximum absolute atomic E-state index is 5.86. The van der Waals surface area contributed by atoms with Crippen molar-refractivity contribution in [2.24, 2.45) is 0 Å². The van der Waals surface area contributed by atoms with Gasteiger partial charge in [0.1, 0.15) is 17.5 Å². The molecule has 2 aromatic carbocycles. The van der Waals surface area contributed by atoms with E-state index in [4.69, 9.17) is 14.5 Å². The summed E-state index contributed by atoms with van der Waals surface area (Å²) in [5, 5.41) is 14.4. The Kier molecular flexibility index (Phi) is 6.93. The van der Waals surface area contributed by atoms with Crippen LogP contribution in [0, 0.1) is 0 Å². The molecule has 0 unspecified atom stereocenters. The molecule has 0 spiro atoms. The van der Waals surface area contributed by atoms with Gasteiger partial charge in [-0.1, -0.05) is 42.7 Å². The van der Waals surface area contributed by atoms with E-state index < -0.39 is 0 Å². The summed E-state index contributed by atoms with van der Waals surface area (Å²) in [5.74, 6) is 2.45. The van der Waals surface area contributed by atoms with Gasteiger partial charge >= 0.3 is 0 Å². The molecule has 1 aliphatic carbocycles. The Morgan fingerprint density at radius 1 is 0.946 bits per heavy atom. The highest BCUT2D eigenvalue weighted by atomic mass is 32.1. The largest absolute Gasteiger partial charge is 0.497 e. The monoisotopic (exact) mass is 519 g/mol. The zero-order chi connectivity index (χ0) is 25.2. The van der Waals surface area contributed by atoms with Crippen LogP contribution in [0.4, 0.5) is 5.13 Å². The lowest BCUT2D eigenvalue weighted by Crippen LogP contribution is -2.48. The van der Waals surface area contributed by atoms with Crippen molar-refractivity contribution in [2.45, 2.75) is 44.2 Å². The highest BCUT2D eigenvalue weighted by Crippen LogP contribution is 2.39. The molecule has 0 bridgehead atoms. The van der Waals surface area contributed by atoms with Gasteiger partial charge in [0.15, 0.2) is 11.0 Å². The Hall–Kier alpha value is -3.24. The molecule has 0 radical (unpaired) electrons. The molecule has 1 saturated carbocycles. The molecule has 2 aromatic heterocycles. The number of thiazole rings is 1. The van der Waals surface area contributed by atoms with Gasteiger partial charge in [0, 0.05) is 37.8 Å². The van der Waals surface area contributed by atoms with Gasteiger partial charge in [0.2, 0.25) is 0 Å². The lowest BCUT2D eigenvalue weighted by molar-refractivity contribution is 0.190. The second kappa shape index (κ2) is 10.6. The summed E-state index contributed by atoms with van der Waals surface area (Å²) < 4.78 is 14.7. The van der Waals surface area contributed by atoms with E-state index in [1.54, 1.807) is 25.6 Å². The minimum absolute atomic E-state index is 0.115. The Labute approximate surface area is 221 Å². The van der Waals surface area contributed by atoms with E-state index in [2.05, 4.69) is 54.3 Å². The number of hydrogen-bond donors (Lipinski definition) is 0. The summed E-state index contributed by atoms with van der Waals surface area (Å²) in [6.45, 7) is 3.51. The Balaban J connectivity index is 1.32. The molecule has 0 amide bonds. The summed E-state index contributed by atoms with van der Waals surface area (Å²) in [7, 11) is 3.39.